The average Bonchev–Trinajstić information content (AvgIpc) is 2.48. The fraction of sp³-hybridized carbons (Fsp3) is 0.250. The zero-order chi connectivity index (χ0) is 14.1. The van der Waals surface area contributed by atoms with Crippen molar-refractivity contribution >= 4 is 0 Å². The Kier molecular flexibility index (Phi) is 3.24. The largest absolute Gasteiger partial charge is 0.504 e. The van der Waals surface area contributed by atoms with Crippen molar-refractivity contribution in [2.75, 3.05) is 13.7 Å². The van der Waals surface area contributed by atoms with Crippen LogP contribution < -0.4 is 10.1 Å². The lowest BCUT2D eigenvalue weighted by Crippen LogP contribution is -2.87. The van der Waals surface area contributed by atoms with Gasteiger partial charge in [0, 0.05) is 12.0 Å². The van der Waals surface area contributed by atoms with Gasteiger partial charge in [0.25, 0.3) is 0 Å². The summed E-state index contributed by atoms with van der Waals surface area (Å²) in [6.45, 7) is 0.944. The molecule has 0 bridgehead atoms. The summed E-state index contributed by atoms with van der Waals surface area (Å²) in [5.41, 5.74) is 3.20. The zero-order valence-corrected chi connectivity index (χ0v) is 11.3. The minimum atomic E-state index is -0.0704. The highest BCUT2D eigenvalue weighted by atomic mass is 16.5. The number of nitrogens with two attached hydrogens (primary N) is 1. The second kappa shape index (κ2) is 5.06. The van der Waals surface area contributed by atoms with E-state index in [2.05, 4.69) is 5.32 Å². The number of phenols is 2. The lowest BCUT2D eigenvalue weighted by molar-refractivity contribution is -0.690. The highest BCUT2D eigenvalue weighted by Gasteiger charge is 2.28. The van der Waals surface area contributed by atoms with Crippen LogP contribution in [0.15, 0.2) is 36.4 Å². The Balaban J connectivity index is 2.12. The predicted molar refractivity (Wildman–Crippen MR) is 75.1 cm³/mol. The summed E-state index contributed by atoms with van der Waals surface area (Å²) >= 11 is 0. The van der Waals surface area contributed by atoms with Gasteiger partial charge in [-0.25, -0.2) is 0 Å². The molecular weight excluding hydrogens is 254 g/mol. The van der Waals surface area contributed by atoms with E-state index in [9.17, 15) is 10.2 Å². The average molecular weight is 272 g/mol. The van der Waals surface area contributed by atoms with Crippen LogP contribution in [-0.2, 0) is 6.42 Å². The molecule has 104 valence electrons. The molecule has 0 unspecified atom stereocenters. The van der Waals surface area contributed by atoms with E-state index >= 15 is 0 Å². The van der Waals surface area contributed by atoms with E-state index in [1.165, 1.54) is 0 Å². The third-order valence-electron chi connectivity index (χ3n) is 3.86. The van der Waals surface area contributed by atoms with Crippen molar-refractivity contribution in [2.45, 2.75) is 12.5 Å². The summed E-state index contributed by atoms with van der Waals surface area (Å²) < 4.78 is 5.44. The molecular formula is C16H18NO3+. The van der Waals surface area contributed by atoms with Crippen LogP contribution in [0.5, 0.6) is 17.2 Å². The van der Waals surface area contributed by atoms with Crippen LogP contribution in [-0.4, -0.2) is 23.9 Å². The molecule has 0 spiro atoms. The summed E-state index contributed by atoms with van der Waals surface area (Å²) in [7, 11) is 1.66. The van der Waals surface area contributed by atoms with Crippen molar-refractivity contribution in [2.24, 2.45) is 0 Å². The van der Waals surface area contributed by atoms with Gasteiger partial charge in [-0.3, -0.25) is 0 Å². The third kappa shape index (κ3) is 2.08. The molecule has 20 heavy (non-hydrogen) atoms. The first-order valence-corrected chi connectivity index (χ1v) is 6.71. The van der Waals surface area contributed by atoms with Crippen LogP contribution in [0.1, 0.15) is 22.7 Å². The summed E-state index contributed by atoms with van der Waals surface area (Å²) in [4.78, 5) is 0. The SMILES string of the molecule is COc1ccccc1[C@H]1[NH2+]CCc2cc(O)c(O)cc21. The Morgan fingerprint density at radius 3 is 2.65 bits per heavy atom. The molecule has 2 aromatic carbocycles. The minimum absolute atomic E-state index is 0.0515. The Bertz CT molecular complexity index is 640. The Morgan fingerprint density at radius 2 is 1.85 bits per heavy atom. The Hall–Kier alpha value is -2.20. The highest BCUT2D eigenvalue weighted by molar-refractivity contribution is 5.50. The number of aromatic hydroxyl groups is 2. The van der Waals surface area contributed by atoms with Gasteiger partial charge in [0.1, 0.15) is 11.8 Å². The molecule has 1 aliphatic heterocycles. The molecule has 0 aromatic heterocycles. The smallest absolute Gasteiger partial charge is 0.157 e. The summed E-state index contributed by atoms with van der Waals surface area (Å²) in [5, 5.41) is 21.7. The molecule has 1 heterocycles. The highest BCUT2D eigenvalue weighted by Crippen LogP contribution is 2.36. The molecule has 2 aromatic rings. The molecule has 0 saturated heterocycles. The summed E-state index contributed by atoms with van der Waals surface area (Å²) in [6.07, 6.45) is 0.884. The van der Waals surface area contributed by atoms with E-state index in [1.54, 1.807) is 19.2 Å². The molecule has 0 fully saturated rings. The number of phenolic OH excluding ortho intramolecular Hbond substituents is 2. The lowest BCUT2D eigenvalue weighted by atomic mass is 9.89. The number of rotatable bonds is 2. The second-order valence-corrected chi connectivity index (χ2v) is 5.03. The molecule has 4 nitrogen and oxygen atoms in total. The third-order valence-corrected chi connectivity index (χ3v) is 3.86. The number of fused-ring (bicyclic) bond motifs is 1. The van der Waals surface area contributed by atoms with Crippen LogP contribution in [0, 0.1) is 0 Å². The van der Waals surface area contributed by atoms with Crippen molar-refractivity contribution in [1.29, 1.82) is 0 Å². The van der Waals surface area contributed by atoms with Crippen LogP contribution in [0.25, 0.3) is 0 Å². The number of hydrogen-bond donors (Lipinski definition) is 3. The molecule has 1 atom stereocenters. The van der Waals surface area contributed by atoms with Gasteiger partial charge >= 0.3 is 0 Å². The van der Waals surface area contributed by atoms with Gasteiger partial charge in [0.2, 0.25) is 0 Å². The Labute approximate surface area is 117 Å². The van der Waals surface area contributed by atoms with Crippen molar-refractivity contribution in [1.82, 2.24) is 0 Å². The predicted octanol–water partition coefficient (Wildman–Crippen LogP) is 1.32. The van der Waals surface area contributed by atoms with Crippen molar-refractivity contribution in [3.63, 3.8) is 0 Å². The normalized spacial score (nSPS) is 17.6. The van der Waals surface area contributed by atoms with E-state index in [1.807, 2.05) is 24.3 Å². The van der Waals surface area contributed by atoms with Crippen LogP contribution in [0.4, 0.5) is 0 Å². The fourth-order valence-electron chi connectivity index (χ4n) is 2.89. The number of benzene rings is 2. The van der Waals surface area contributed by atoms with Gasteiger partial charge in [0.05, 0.1) is 19.2 Å². The van der Waals surface area contributed by atoms with Gasteiger partial charge in [-0.1, -0.05) is 12.1 Å². The molecule has 1 aliphatic rings. The second-order valence-electron chi connectivity index (χ2n) is 5.03. The summed E-state index contributed by atoms with van der Waals surface area (Å²) in [6, 6.07) is 11.3. The summed E-state index contributed by atoms with van der Waals surface area (Å²) in [5.74, 6) is 0.720. The lowest BCUT2D eigenvalue weighted by Gasteiger charge is -2.25. The van der Waals surface area contributed by atoms with Crippen molar-refractivity contribution in [3.8, 4) is 17.2 Å². The Morgan fingerprint density at radius 1 is 1.10 bits per heavy atom. The van der Waals surface area contributed by atoms with Crippen LogP contribution in [0.3, 0.4) is 0 Å². The van der Waals surface area contributed by atoms with Gasteiger partial charge in [-0.2, -0.15) is 0 Å². The van der Waals surface area contributed by atoms with E-state index in [4.69, 9.17) is 4.74 Å². The van der Waals surface area contributed by atoms with Crippen molar-refractivity contribution < 1.29 is 20.3 Å². The van der Waals surface area contributed by atoms with Crippen molar-refractivity contribution in [3.05, 3.63) is 53.1 Å². The number of methoxy groups -OCH3 is 1. The molecule has 0 saturated carbocycles. The molecule has 4 heteroatoms. The molecule has 0 amide bonds. The first-order chi connectivity index (χ1) is 9.70. The van der Waals surface area contributed by atoms with Gasteiger partial charge in [-0.05, 0) is 29.8 Å². The van der Waals surface area contributed by atoms with E-state index in [0.29, 0.717) is 0 Å². The quantitative estimate of drug-likeness (QED) is 0.722. The maximum absolute atomic E-state index is 9.77. The topological polar surface area (TPSA) is 66.3 Å². The maximum Gasteiger partial charge on any atom is 0.157 e. The number of ether oxygens (including phenoxy) is 1. The number of hydrogen-bond acceptors (Lipinski definition) is 3. The van der Waals surface area contributed by atoms with E-state index in [0.717, 1.165) is 35.4 Å². The monoisotopic (exact) mass is 272 g/mol. The van der Waals surface area contributed by atoms with E-state index in [-0.39, 0.29) is 17.5 Å². The standard InChI is InChI=1S/C16H17NO3/c1-20-15-5-3-2-4-11(15)16-12-9-14(19)13(18)8-10(12)6-7-17-16/h2-5,8-9,16-19H,6-7H2,1H3/p+1/t16-/m1/s1. The number of para-hydroxylation sites is 1. The number of quaternary nitrogens is 1. The molecule has 3 rings (SSSR count). The maximum atomic E-state index is 9.77. The van der Waals surface area contributed by atoms with Crippen LogP contribution >= 0.6 is 0 Å². The van der Waals surface area contributed by atoms with Gasteiger partial charge in [0.15, 0.2) is 11.5 Å². The first kappa shape index (κ1) is 12.8. The zero-order valence-electron chi connectivity index (χ0n) is 11.3. The fourth-order valence-corrected chi connectivity index (χ4v) is 2.89. The molecule has 0 radical (unpaired) electrons. The minimum Gasteiger partial charge on any atom is -0.504 e. The first-order valence-electron chi connectivity index (χ1n) is 6.71. The van der Waals surface area contributed by atoms with Crippen LogP contribution in [0.2, 0.25) is 0 Å². The van der Waals surface area contributed by atoms with Gasteiger partial charge in [-0.15, -0.1) is 0 Å². The van der Waals surface area contributed by atoms with Gasteiger partial charge < -0.3 is 20.3 Å². The van der Waals surface area contributed by atoms with E-state index < -0.39 is 0 Å². The molecule has 0 aliphatic carbocycles. The molecule has 4 N–H and O–H groups in total.